The van der Waals surface area contributed by atoms with Crippen molar-refractivity contribution >= 4 is 22.6 Å². The van der Waals surface area contributed by atoms with Gasteiger partial charge in [0.15, 0.2) is 6.29 Å². The number of hydrogen-bond donors (Lipinski definition) is 0. The van der Waals surface area contributed by atoms with Crippen LogP contribution in [-0.4, -0.2) is 16.8 Å². The highest BCUT2D eigenvalue weighted by atomic mass is 127. The third kappa shape index (κ3) is 2.68. The quantitative estimate of drug-likeness (QED) is 0.631. The summed E-state index contributed by atoms with van der Waals surface area (Å²) >= 11 is 2.39. The van der Waals surface area contributed by atoms with Gasteiger partial charge in [-0.15, -0.1) is 0 Å². The maximum atomic E-state index is 5.67. The van der Waals surface area contributed by atoms with Crippen LogP contribution in [0.3, 0.4) is 0 Å². The zero-order chi connectivity index (χ0) is 9.80. The van der Waals surface area contributed by atoms with Crippen molar-refractivity contribution in [2.45, 2.75) is 23.2 Å². The van der Waals surface area contributed by atoms with Crippen LogP contribution in [0.4, 0.5) is 0 Å². The Bertz CT molecular complexity index is 276. The Morgan fingerprint density at radius 2 is 2.14 bits per heavy atom. The summed E-state index contributed by atoms with van der Waals surface area (Å²) in [5, 5.41) is 0. The molecule has 0 N–H and O–H groups in total. The maximum absolute atomic E-state index is 5.67. The van der Waals surface area contributed by atoms with Crippen LogP contribution in [-0.2, 0) is 16.1 Å². The smallest absolute Gasteiger partial charge is 0.169 e. The second-order valence-corrected chi connectivity index (χ2v) is 4.94. The molecule has 1 heterocycles. The van der Waals surface area contributed by atoms with Gasteiger partial charge in [-0.3, -0.25) is 0 Å². The molecule has 1 aliphatic rings. The molecule has 3 heteroatoms. The third-order valence-electron chi connectivity index (χ3n) is 2.23. The third-order valence-corrected chi connectivity index (χ3v) is 3.44. The molecule has 2 rings (SSSR count). The van der Waals surface area contributed by atoms with Gasteiger partial charge in [0, 0.05) is 0 Å². The van der Waals surface area contributed by atoms with Crippen molar-refractivity contribution in [3.05, 3.63) is 35.9 Å². The van der Waals surface area contributed by atoms with Crippen LogP contribution in [0.2, 0.25) is 0 Å². The Morgan fingerprint density at radius 1 is 1.36 bits per heavy atom. The first-order chi connectivity index (χ1) is 6.86. The molecule has 0 amide bonds. The van der Waals surface area contributed by atoms with Gasteiger partial charge in [-0.2, -0.15) is 0 Å². The number of alkyl halides is 1. The predicted octanol–water partition coefficient (Wildman–Crippen LogP) is 2.75. The van der Waals surface area contributed by atoms with E-state index in [0.717, 1.165) is 13.0 Å². The van der Waals surface area contributed by atoms with Gasteiger partial charge in [0.1, 0.15) is 0 Å². The van der Waals surface area contributed by atoms with Gasteiger partial charge in [0.05, 0.1) is 17.1 Å². The average molecular weight is 304 g/mol. The molecule has 0 bridgehead atoms. The summed E-state index contributed by atoms with van der Waals surface area (Å²) in [6.45, 7) is 1.47. The molecule has 2 atom stereocenters. The van der Waals surface area contributed by atoms with Gasteiger partial charge in [0.2, 0.25) is 0 Å². The average Bonchev–Trinajstić information content (AvgIpc) is 2.63. The molecule has 0 unspecified atom stereocenters. The lowest BCUT2D eigenvalue weighted by Crippen LogP contribution is -2.19. The van der Waals surface area contributed by atoms with Crippen molar-refractivity contribution in [3.63, 3.8) is 0 Å². The van der Waals surface area contributed by atoms with E-state index in [0.29, 0.717) is 10.5 Å². The molecular weight excluding hydrogens is 291 g/mol. The van der Waals surface area contributed by atoms with E-state index >= 15 is 0 Å². The van der Waals surface area contributed by atoms with Gasteiger partial charge in [0.25, 0.3) is 0 Å². The van der Waals surface area contributed by atoms with Crippen LogP contribution < -0.4 is 0 Å². The van der Waals surface area contributed by atoms with E-state index in [1.54, 1.807) is 0 Å². The van der Waals surface area contributed by atoms with Crippen molar-refractivity contribution in [2.75, 3.05) is 6.61 Å². The topological polar surface area (TPSA) is 18.5 Å². The van der Waals surface area contributed by atoms with E-state index in [-0.39, 0.29) is 6.29 Å². The van der Waals surface area contributed by atoms with Crippen LogP contribution in [0.5, 0.6) is 0 Å². The number of halogens is 1. The second kappa shape index (κ2) is 5.09. The van der Waals surface area contributed by atoms with Gasteiger partial charge < -0.3 is 9.47 Å². The minimum atomic E-state index is -0.0178. The van der Waals surface area contributed by atoms with E-state index < -0.39 is 0 Å². The number of hydrogen-bond acceptors (Lipinski definition) is 2. The molecule has 1 saturated heterocycles. The second-order valence-electron chi connectivity index (χ2n) is 3.34. The Hall–Kier alpha value is -0.130. The molecule has 2 nitrogen and oxygen atoms in total. The molecule has 1 aromatic carbocycles. The summed E-state index contributed by atoms with van der Waals surface area (Å²) in [6.07, 6.45) is 1.08. The summed E-state index contributed by atoms with van der Waals surface area (Å²) in [5.74, 6) is 0. The standard InChI is InChI=1S/C11H13IO2/c12-10-6-7-13-11(10)14-8-9-4-2-1-3-5-9/h1-5,10-11H,6-8H2/t10-,11+/m1/s1. The molecule has 0 aliphatic carbocycles. The number of ether oxygens (including phenoxy) is 2. The van der Waals surface area contributed by atoms with Crippen LogP contribution in [0.1, 0.15) is 12.0 Å². The Labute approximate surface area is 97.7 Å². The molecule has 76 valence electrons. The number of rotatable bonds is 3. The lowest BCUT2D eigenvalue weighted by molar-refractivity contribution is -0.114. The van der Waals surface area contributed by atoms with E-state index in [4.69, 9.17) is 9.47 Å². The van der Waals surface area contributed by atoms with Crippen molar-refractivity contribution in [2.24, 2.45) is 0 Å². The highest BCUT2D eigenvalue weighted by Crippen LogP contribution is 2.23. The molecule has 0 aromatic heterocycles. The van der Waals surface area contributed by atoms with Crippen LogP contribution in [0.15, 0.2) is 30.3 Å². The van der Waals surface area contributed by atoms with Crippen LogP contribution in [0.25, 0.3) is 0 Å². The minimum Gasteiger partial charge on any atom is -0.351 e. The fourth-order valence-electron chi connectivity index (χ4n) is 1.44. The summed E-state index contributed by atoms with van der Waals surface area (Å²) in [5.41, 5.74) is 1.20. The van der Waals surface area contributed by atoms with Crippen LogP contribution >= 0.6 is 22.6 Å². The molecule has 1 fully saturated rings. The summed E-state index contributed by atoms with van der Waals surface area (Å²) < 4.78 is 11.6. The highest BCUT2D eigenvalue weighted by Gasteiger charge is 2.26. The van der Waals surface area contributed by atoms with Gasteiger partial charge in [-0.05, 0) is 12.0 Å². The first-order valence-corrected chi connectivity index (χ1v) is 6.02. The predicted molar refractivity (Wildman–Crippen MR) is 63.4 cm³/mol. The summed E-state index contributed by atoms with van der Waals surface area (Å²) in [4.78, 5) is 0. The largest absolute Gasteiger partial charge is 0.351 e. The molecule has 0 radical (unpaired) electrons. The monoisotopic (exact) mass is 304 g/mol. The van der Waals surface area contributed by atoms with E-state index in [1.165, 1.54) is 5.56 Å². The van der Waals surface area contributed by atoms with Crippen LogP contribution in [0, 0.1) is 0 Å². The van der Waals surface area contributed by atoms with Crippen molar-refractivity contribution in [3.8, 4) is 0 Å². The normalized spacial score (nSPS) is 26.6. The first kappa shape index (κ1) is 10.4. The number of benzene rings is 1. The highest BCUT2D eigenvalue weighted by molar-refractivity contribution is 14.1. The van der Waals surface area contributed by atoms with Gasteiger partial charge in [-0.1, -0.05) is 52.9 Å². The van der Waals surface area contributed by atoms with Crippen molar-refractivity contribution in [1.29, 1.82) is 0 Å². The van der Waals surface area contributed by atoms with Gasteiger partial charge in [-0.25, -0.2) is 0 Å². The molecule has 1 aliphatic heterocycles. The Kier molecular flexibility index (Phi) is 3.78. The van der Waals surface area contributed by atoms with E-state index in [9.17, 15) is 0 Å². The molecule has 14 heavy (non-hydrogen) atoms. The van der Waals surface area contributed by atoms with Crippen molar-refractivity contribution < 1.29 is 9.47 Å². The van der Waals surface area contributed by atoms with E-state index in [1.807, 2.05) is 18.2 Å². The Balaban J connectivity index is 1.82. The maximum Gasteiger partial charge on any atom is 0.169 e. The lowest BCUT2D eigenvalue weighted by Gasteiger charge is -2.14. The minimum absolute atomic E-state index is 0.0178. The van der Waals surface area contributed by atoms with Gasteiger partial charge >= 0.3 is 0 Å². The SMILES string of the molecule is I[C@@H]1CCO[C@H]1OCc1ccccc1. The zero-order valence-corrected chi connectivity index (χ0v) is 10.0. The fraction of sp³-hybridized carbons (Fsp3) is 0.455. The molecule has 0 spiro atoms. The molecular formula is C11H13IO2. The summed E-state index contributed by atoms with van der Waals surface area (Å²) in [6, 6.07) is 10.2. The molecule has 1 aromatic rings. The van der Waals surface area contributed by atoms with E-state index in [2.05, 4.69) is 34.7 Å². The van der Waals surface area contributed by atoms with Crippen molar-refractivity contribution in [1.82, 2.24) is 0 Å². The zero-order valence-electron chi connectivity index (χ0n) is 7.86. The fourth-order valence-corrected chi connectivity index (χ4v) is 2.11. The Morgan fingerprint density at radius 3 is 2.79 bits per heavy atom. The lowest BCUT2D eigenvalue weighted by atomic mass is 10.2. The summed E-state index contributed by atoms with van der Waals surface area (Å²) in [7, 11) is 0. The molecule has 0 saturated carbocycles. The first-order valence-electron chi connectivity index (χ1n) is 4.77.